The van der Waals surface area contributed by atoms with Crippen molar-refractivity contribution in [2.45, 2.75) is 13.3 Å². The number of carbonyl (C=O) groups is 1. The molecule has 0 spiro atoms. The van der Waals surface area contributed by atoms with E-state index in [1.807, 2.05) is 12.2 Å². The van der Waals surface area contributed by atoms with Crippen LogP contribution in [0.4, 0.5) is 0 Å². The van der Waals surface area contributed by atoms with Crippen molar-refractivity contribution in [3.05, 3.63) is 36.0 Å². The van der Waals surface area contributed by atoms with E-state index in [1.54, 1.807) is 12.2 Å². The van der Waals surface area contributed by atoms with Gasteiger partial charge in [0.15, 0.2) is 5.78 Å². The van der Waals surface area contributed by atoms with Gasteiger partial charge in [0.2, 0.25) is 0 Å². The maximum atomic E-state index is 10.6. The van der Waals surface area contributed by atoms with E-state index in [0.717, 1.165) is 12.0 Å². The van der Waals surface area contributed by atoms with Crippen molar-refractivity contribution in [1.29, 1.82) is 0 Å². The molecule has 0 amide bonds. The van der Waals surface area contributed by atoms with Gasteiger partial charge in [0.25, 0.3) is 0 Å². The molecule has 1 rings (SSSR count). The Bertz CT molecular complexity index is 201. The van der Waals surface area contributed by atoms with Crippen LogP contribution in [0, 0.1) is 0 Å². The molecule has 0 heterocycles. The van der Waals surface area contributed by atoms with E-state index in [0.29, 0.717) is 0 Å². The van der Waals surface area contributed by atoms with Gasteiger partial charge < -0.3 is 0 Å². The molecular weight excluding hydrogens is 124 g/mol. The molecule has 0 fully saturated rings. The quantitative estimate of drug-likeness (QED) is 0.536. The van der Waals surface area contributed by atoms with Crippen molar-refractivity contribution in [3.63, 3.8) is 0 Å². The number of ketones is 1. The molecule has 0 atom stereocenters. The normalized spacial score (nSPS) is 16.1. The summed E-state index contributed by atoms with van der Waals surface area (Å²) in [5.41, 5.74) is 1.13. The fourth-order valence-electron chi connectivity index (χ4n) is 0.840. The first-order valence-corrected chi connectivity index (χ1v) is 3.43. The molecule has 0 unspecified atom stereocenters. The Kier molecular flexibility index (Phi) is 2.21. The summed E-state index contributed by atoms with van der Waals surface area (Å²) >= 11 is 0. The highest BCUT2D eigenvalue weighted by Gasteiger charge is 1.95. The van der Waals surface area contributed by atoms with Crippen molar-refractivity contribution in [3.8, 4) is 0 Å². The predicted molar refractivity (Wildman–Crippen MR) is 41.7 cm³/mol. The molecule has 1 aliphatic carbocycles. The van der Waals surface area contributed by atoms with Crippen LogP contribution in [0.3, 0.4) is 0 Å². The van der Waals surface area contributed by atoms with Gasteiger partial charge in [-0.2, -0.15) is 0 Å². The van der Waals surface area contributed by atoms with Crippen LogP contribution in [-0.2, 0) is 4.79 Å². The first kappa shape index (κ1) is 7.00. The Morgan fingerprint density at radius 2 is 1.90 bits per heavy atom. The number of hydrogen-bond donors (Lipinski definition) is 0. The van der Waals surface area contributed by atoms with E-state index in [2.05, 4.69) is 13.0 Å². The molecule has 0 aromatic rings. The summed E-state index contributed by atoms with van der Waals surface area (Å²) in [7, 11) is 0. The zero-order valence-corrected chi connectivity index (χ0v) is 6.00. The smallest absolute Gasteiger partial charge is 0.178 e. The molecule has 0 aromatic carbocycles. The third-order valence-electron chi connectivity index (χ3n) is 1.32. The summed E-state index contributed by atoms with van der Waals surface area (Å²) in [6.45, 7) is 2.07. The largest absolute Gasteiger partial charge is 0.290 e. The fourth-order valence-corrected chi connectivity index (χ4v) is 0.840. The zero-order valence-electron chi connectivity index (χ0n) is 6.00. The molecule has 0 radical (unpaired) electrons. The van der Waals surface area contributed by atoms with Gasteiger partial charge in [-0.1, -0.05) is 25.2 Å². The summed E-state index contributed by atoms with van der Waals surface area (Å²) in [6, 6.07) is 0. The minimum Gasteiger partial charge on any atom is -0.290 e. The van der Waals surface area contributed by atoms with Gasteiger partial charge in [-0.3, -0.25) is 4.79 Å². The van der Waals surface area contributed by atoms with Crippen molar-refractivity contribution < 1.29 is 4.79 Å². The molecular formula is C9H10O. The summed E-state index contributed by atoms with van der Waals surface area (Å²) in [6.07, 6.45) is 9.94. The Morgan fingerprint density at radius 1 is 1.30 bits per heavy atom. The average molecular weight is 134 g/mol. The predicted octanol–water partition coefficient (Wildman–Crippen LogP) is 2.02. The second kappa shape index (κ2) is 3.16. The molecule has 1 nitrogen and oxygen atoms in total. The highest BCUT2D eigenvalue weighted by Crippen LogP contribution is 2.05. The van der Waals surface area contributed by atoms with Crippen LogP contribution in [-0.4, -0.2) is 5.78 Å². The minimum atomic E-state index is 0.0771. The van der Waals surface area contributed by atoms with Gasteiger partial charge >= 0.3 is 0 Å². The monoisotopic (exact) mass is 134 g/mol. The van der Waals surface area contributed by atoms with E-state index in [9.17, 15) is 4.79 Å². The van der Waals surface area contributed by atoms with Gasteiger partial charge in [-0.15, -0.1) is 0 Å². The molecule has 1 heteroatoms. The van der Waals surface area contributed by atoms with E-state index in [-0.39, 0.29) is 5.78 Å². The Morgan fingerprint density at radius 3 is 2.40 bits per heavy atom. The standard InChI is InChI=1S/C9H10O/c1-2-3-8-4-6-9(10)7-5-8/h3-7H,2H2,1H3. The molecule has 52 valence electrons. The lowest BCUT2D eigenvalue weighted by Gasteiger charge is -1.96. The van der Waals surface area contributed by atoms with Crippen molar-refractivity contribution in [2.24, 2.45) is 0 Å². The van der Waals surface area contributed by atoms with Gasteiger partial charge in [-0.25, -0.2) is 0 Å². The number of rotatable bonds is 1. The van der Waals surface area contributed by atoms with E-state index >= 15 is 0 Å². The molecule has 0 aromatic heterocycles. The van der Waals surface area contributed by atoms with Gasteiger partial charge in [0, 0.05) is 0 Å². The average Bonchev–Trinajstić information content (AvgIpc) is 1.95. The Balaban J connectivity index is 2.71. The molecule has 1 aliphatic rings. The highest BCUT2D eigenvalue weighted by molar-refractivity contribution is 6.01. The summed E-state index contributed by atoms with van der Waals surface area (Å²) in [4.78, 5) is 10.6. The summed E-state index contributed by atoms with van der Waals surface area (Å²) in [5, 5.41) is 0. The fraction of sp³-hybridized carbons (Fsp3) is 0.222. The molecule has 0 saturated carbocycles. The molecule has 10 heavy (non-hydrogen) atoms. The topological polar surface area (TPSA) is 17.1 Å². The first-order chi connectivity index (χ1) is 4.83. The summed E-state index contributed by atoms with van der Waals surface area (Å²) < 4.78 is 0. The van der Waals surface area contributed by atoms with E-state index < -0.39 is 0 Å². The van der Waals surface area contributed by atoms with Crippen molar-refractivity contribution in [2.75, 3.05) is 0 Å². The Hall–Kier alpha value is -1.11. The van der Waals surface area contributed by atoms with Gasteiger partial charge in [-0.05, 0) is 24.1 Å². The van der Waals surface area contributed by atoms with Crippen LogP contribution >= 0.6 is 0 Å². The van der Waals surface area contributed by atoms with Crippen molar-refractivity contribution >= 4 is 5.78 Å². The van der Waals surface area contributed by atoms with Gasteiger partial charge in [0.1, 0.15) is 0 Å². The first-order valence-electron chi connectivity index (χ1n) is 3.43. The molecule has 0 aliphatic heterocycles. The minimum absolute atomic E-state index is 0.0771. The number of hydrogen-bond acceptors (Lipinski definition) is 1. The second-order valence-corrected chi connectivity index (χ2v) is 2.18. The van der Waals surface area contributed by atoms with Crippen LogP contribution in [0.5, 0.6) is 0 Å². The maximum absolute atomic E-state index is 10.6. The van der Waals surface area contributed by atoms with Crippen molar-refractivity contribution in [1.82, 2.24) is 0 Å². The summed E-state index contributed by atoms with van der Waals surface area (Å²) in [5.74, 6) is 0.0771. The highest BCUT2D eigenvalue weighted by atomic mass is 16.1. The van der Waals surface area contributed by atoms with E-state index in [4.69, 9.17) is 0 Å². The zero-order chi connectivity index (χ0) is 7.40. The molecule has 0 bridgehead atoms. The molecule has 0 saturated heterocycles. The lowest BCUT2D eigenvalue weighted by molar-refractivity contribution is -0.110. The van der Waals surface area contributed by atoms with Crippen LogP contribution in [0.1, 0.15) is 13.3 Å². The lowest BCUT2D eigenvalue weighted by Crippen LogP contribution is -1.90. The van der Waals surface area contributed by atoms with Crippen LogP contribution in [0.2, 0.25) is 0 Å². The SMILES string of the molecule is CCC=C1C=CC(=O)C=C1. The Labute approximate surface area is 60.7 Å². The van der Waals surface area contributed by atoms with Crippen LogP contribution in [0.25, 0.3) is 0 Å². The van der Waals surface area contributed by atoms with Crippen LogP contribution < -0.4 is 0 Å². The lowest BCUT2D eigenvalue weighted by atomic mass is 10.1. The maximum Gasteiger partial charge on any atom is 0.178 e. The van der Waals surface area contributed by atoms with E-state index in [1.165, 1.54) is 0 Å². The number of allylic oxidation sites excluding steroid dienone is 6. The third kappa shape index (κ3) is 1.69. The van der Waals surface area contributed by atoms with Gasteiger partial charge in [0.05, 0.1) is 0 Å². The molecule has 0 N–H and O–H groups in total. The third-order valence-corrected chi connectivity index (χ3v) is 1.32. The number of carbonyl (C=O) groups excluding carboxylic acids is 1. The second-order valence-electron chi connectivity index (χ2n) is 2.18. The van der Waals surface area contributed by atoms with Crippen LogP contribution in [0.15, 0.2) is 36.0 Å².